The lowest BCUT2D eigenvalue weighted by Gasteiger charge is -1.93. The third-order valence-electron chi connectivity index (χ3n) is 1.30. The van der Waals surface area contributed by atoms with Gasteiger partial charge in [-0.05, 0) is 39.4 Å². The van der Waals surface area contributed by atoms with Crippen molar-refractivity contribution in [2.45, 2.75) is 12.8 Å². The number of carboxylic acid groups (broad SMARTS) is 1. The smallest absolute Gasteiger partial charge is 0.303 e. The standard InChI is InChI=1S/C7H7BrO2S/c8-7-5(3-4-11-7)1-2-6(9)10/h3-4H,1-2H2,(H,9,10). The van der Waals surface area contributed by atoms with Gasteiger partial charge in [-0.3, -0.25) is 4.79 Å². The van der Waals surface area contributed by atoms with Gasteiger partial charge >= 0.3 is 5.97 Å². The van der Waals surface area contributed by atoms with Crippen molar-refractivity contribution in [1.82, 2.24) is 0 Å². The van der Waals surface area contributed by atoms with Crippen LogP contribution in [0, 0.1) is 0 Å². The van der Waals surface area contributed by atoms with Crippen molar-refractivity contribution >= 4 is 33.2 Å². The van der Waals surface area contributed by atoms with Crippen LogP contribution in [0.25, 0.3) is 0 Å². The van der Waals surface area contributed by atoms with Crippen molar-refractivity contribution in [3.05, 3.63) is 20.8 Å². The number of rotatable bonds is 3. The molecule has 0 saturated heterocycles. The van der Waals surface area contributed by atoms with Crippen molar-refractivity contribution in [2.24, 2.45) is 0 Å². The SMILES string of the molecule is O=C(O)CCc1ccsc1Br. The van der Waals surface area contributed by atoms with Crippen LogP contribution in [0.4, 0.5) is 0 Å². The van der Waals surface area contributed by atoms with Crippen LogP contribution in [0.1, 0.15) is 12.0 Å². The van der Waals surface area contributed by atoms with Gasteiger partial charge in [0.25, 0.3) is 0 Å². The summed E-state index contributed by atoms with van der Waals surface area (Å²) in [5.41, 5.74) is 1.08. The van der Waals surface area contributed by atoms with E-state index >= 15 is 0 Å². The van der Waals surface area contributed by atoms with Crippen LogP contribution < -0.4 is 0 Å². The summed E-state index contributed by atoms with van der Waals surface area (Å²) in [4.78, 5) is 10.2. The van der Waals surface area contributed by atoms with Crippen molar-refractivity contribution in [3.8, 4) is 0 Å². The van der Waals surface area contributed by atoms with Crippen molar-refractivity contribution < 1.29 is 9.90 Å². The highest BCUT2D eigenvalue weighted by Crippen LogP contribution is 2.24. The molecule has 11 heavy (non-hydrogen) atoms. The Labute approximate surface area is 77.0 Å². The molecular formula is C7H7BrO2S. The van der Waals surface area contributed by atoms with E-state index in [-0.39, 0.29) is 6.42 Å². The highest BCUT2D eigenvalue weighted by atomic mass is 79.9. The molecule has 1 aromatic heterocycles. The fraction of sp³-hybridized carbons (Fsp3) is 0.286. The molecule has 0 saturated carbocycles. The van der Waals surface area contributed by atoms with Gasteiger partial charge in [-0.2, -0.15) is 0 Å². The first kappa shape index (κ1) is 8.74. The first-order valence-corrected chi connectivity index (χ1v) is 4.81. The summed E-state index contributed by atoms with van der Waals surface area (Å²) >= 11 is 4.92. The molecular weight excluding hydrogens is 228 g/mol. The Kier molecular flexibility index (Phi) is 3.08. The van der Waals surface area contributed by atoms with Crippen LogP contribution in [0.5, 0.6) is 0 Å². The molecule has 1 heterocycles. The van der Waals surface area contributed by atoms with E-state index in [1.165, 1.54) is 0 Å². The second-order valence-corrected chi connectivity index (χ2v) is 4.35. The fourth-order valence-electron chi connectivity index (χ4n) is 0.740. The summed E-state index contributed by atoms with van der Waals surface area (Å²) < 4.78 is 1.04. The molecule has 0 aliphatic carbocycles. The third-order valence-corrected chi connectivity index (χ3v) is 3.11. The molecule has 0 spiro atoms. The summed E-state index contributed by atoms with van der Waals surface area (Å²) in [6.07, 6.45) is 0.814. The molecule has 1 aromatic rings. The maximum absolute atomic E-state index is 10.2. The second-order valence-electron chi connectivity index (χ2n) is 2.11. The molecule has 2 nitrogen and oxygen atoms in total. The zero-order valence-electron chi connectivity index (χ0n) is 5.71. The van der Waals surface area contributed by atoms with Gasteiger partial charge < -0.3 is 5.11 Å². The number of halogens is 1. The Bertz CT molecular complexity index is 257. The average Bonchev–Trinajstić information content (AvgIpc) is 2.31. The number of carboxylic acids is 1. The Balaban J connectivity index is 2.51. The number of thiophene rings is 1. The van der Waals surface area contributed by atoms with Gasteiger partial charge in [-0.15, -0.1) is 11.3 Å². The maximum atomic E-state index is 10.2. The number of hydrogen-bond acceptors (Lipinski definition) is 2. The van der Waals surface area contributed by atoms with Gasteiger partial charge in [0, 0.05) is 6.42 Å². The highest BCUT2D eigenvalue weighted by Gasteiger charge is 2.03. The van der Waals surface area contributed by atoms with Crippen LogP contribution in [-0.2, 0) is 11.2 Å². The van der Waals surface area contributed by atoms with Crippen LogP contribution in [0.3, 0.4) is 0 Å². The van der Waals surface area contributed by atoms with E-state index in [4.69, 9.17) is 5.11 Å². The van der Waals surface area contributed by atoms with Crippen LogP contribution in [0.15, 0.2) is 15.2 Å². The van der Waals surface area contributed by atoms with Crippen molar-refractivity contribution in [3.63, 3.8) is 0 Å². The molecule has 0 amide bonds. The molecule has 0 fully saturated rings. The lowest BCUT2D eigenvalue weighted by Crippen LogP contribution is -1.96. The largest absolute Gasteiger partial charge is 0.481 e. The van der Waals surface area contributed by atoms with Gasteiger partial charge in [0.05, 0.1) is 3.79 Å². The zero-order chi connectivity index (χ0) is 8.27. The summed E-state index contributed by atoms with van der Waals surface area (Å²) in [5.74, 6) is -0.747. The van der Waals surface area contributed by atoms with Crippen molar-refractivity contribution in [1.29, 1.82) is 0 Å². The Morgan fingerprint density at radius 3 is 2.91 bits per heavy atom. The monoisotopic (exact) mass is 234 g/mol. The molecule has 0 aliphatic rings. The number of aryl methyl sites for hydroxylation is 1. The van der Waals surface area contributed by atoms with E-state index in [1.54, 1.807) is 11.3 Å². The van der Waals surface area contributed by atoms with Gasteiger partial charge in [0.2, 0.25) is 0 Å². The minimum atomic E-state index is -0.747. The van der Waals surface area contributed by atoms with E-state index < -0.39 is 5.97 Å². The fourth-order valence-corrected chi connectivity index (χ4v) is 2.07. The van der Waals surface area contributed by atoms with Gasteiger partial charge in [0.1, 0.15) is 0 Å². The van der Waals surface area contributed by atoms with E-state index in [0.29, 0.717) is 6.42 Å². The average molecular weight is 235 g/mol. The minimum Gasteiger partial charge on any atom is -0.481 e. The molecule has 0 aromatic carbocycles. The van der Waals surface area contributed by atoms with Crippen LogP contribution in [-0.4, -0.2) is 11.1 Å². The predicted molar refractivity (Wildman–Crippen MR) is 48.0 cm³/mol. The molecule has 0 atom stereocenters. The van der Waals surface area contributed by atoms with E-state index in [0.717, 1.165) is 9.35 Å². The molecule has 0 bridgehead atoms. The van der Waals surface area contributed by atoms with E-state index in [2.05, 4.69) is 15.9 Å². The molecule has 1 N–H and O–H groups in total. The molecule has 0 aliphatic heterocycles. The second kappa shape index (κ2) is 3.88. The Hall–Kier alpha value is -0.350. The van der Waals surface area contributed by atoms with E-state index in [1.807, 2.05) is 11.4 Å². The summed E-state index contributed by atoms with van der Waals surface area (Å²) in [6, 6.07) is 1.94. The number of hydrogen-bond donors (Lipinski definition) is 1. The quantitative estimate of drug-likeness (QED) is 0.873. The first-order chi connectivity index (χ1) is 5.20. The number of aliphatic carboxylic acids is 1. The first-order valence-electron chi connectivity index (χ1n) is 3.14. The predicted octanol–water partition coefficient (Wildman–Crippen LogP) is 2.53. The third kappa shape index (κ3) is 2.63. The maximum Gasteiger partial charge on any atom is 0.303 e. The summed E-state index contributed by atoms with van der Waals surface area (Å²) in [7, 11) is 0. The summed E-state index contributed by atoms with van der Waals surface area (Å²) in [5, 5.41) is 10.3. The van der Waals surface area contributed by atoms with Gasteiger partial charge in [-0.25, -0.2) is 0 Å². The Morgan fingerprint density at radius 2 is 2.45 bits per heavy atom. The van der Waals surface area contributed by atoms with Gasteiger partial charge in [-0.1, -0.05) is 0 Å². The molecule has 0 radical (unpaired) electrons. The van der Waals surface area contributed by atoms with Crippen molar-refractivity contribution in [2.75, 3.05) is 0 Å². The number of carbonyl (C=O) groups is 1. The molecule has 60 valence electrons. The summed E-state index contributed by atoms with van der Waals surface area (Å²) in [6.45, 7) is 0. The van der Waals surface area contributed by atoms with Crippen LogP contribution in [0.2, 0.25) is 0 Å². The molecule has 0 unspecified atom stereocenters. The van der Waals surface area contributed by atoms with Gasteiger partial charge in [0.15, 0.2) is 0 Å². The lowest BCUT2D eigenvalue weighted by atomic mass is 10.2. The normalized spacial score (nSPS) is 9.91. The molecule has 4 heteroatoms. The lowest BCUT2D eigenvalue weighted by molar-refractivity contribution is -0.136. The highest BCUT2D eigenvalue weighted by molar-refractivity contribution is 9.11. The zero-order valence-corrected chi connectivity index (χ0v) is 8.11. The van der Waals surface area contributed by atoms with Crippen LogP contribution >= 0.6 is 27.3 Å². The Morgan fingerprint density at radius 1 is 1.73 bits per heavy atom. The topological polar surface area (TPSA) is 37.3 Å². The minimum absolute atomic E-state index is 0.204. The molecule has 1 rings (SSSR count). The van der Waals surface area contributed by atoms with E-state index in [9.17, 15) is 4.79 Å².